The molecule has 0 aromatic heterocycles. The van der Waals surface area contributed by atoms with Gasteiger partial charge in [-0.1, -0.05) is 0 Å². The van der Waals surface area contributed by atoms with Gasteiger partial charge >= 0.3 is 154 Å². The molecule has 97 heavy (non-hydrogen) atoms. The van der Waals surface area contributed by atoms with Gasteiger partial charge in [0, 0.05) is 12.8 Å². The van der Waals surface area contributed by atoms with E-state index in [0.717, 1.165) is 0 Å². The maximum Gasteiger partial charge on any atom is 0.438 e. The van der Waals surface area contributed by atoms with Crippen molar-refractivity contribution in [2.24, 2.45) is 0 Å². The molecule has 4 unspecified atom stereocenters. The molecular formula is C38H24F54O5. The van der Waals surface area contributed by atoms with Gasteiger partial charge < -0.3 is 24.4 Å². The second kappa shape index (κ2) is 25.5. The highest BCUT2D eigenvalue weighted by atomic mass is 19.5. The zero-order chi connectivity index (χ0) is 79.7. The first-order chi connectivity index (χ1) is 41.3. The molecule has 0 aromatic carbocycles. The van der Waals surface area contributed by atoms with Crippen molar-refractivity contribution < 1.29 is 262 Å². The first-order valence-corrected chi connectivity index (χ1v) is 22.7. The lowest BCUT2D eigenvalue weighted by molar-refractivity contribution is -0.487. The largest absolute Gasteiger partial charge is 0.438 e. The van der Waals surface area contributed by atoms with Crippen LogP contribution in [0.2, 0.25) is 0 Å². The molecule has 0 rings (SSSR count). The van der Waals surface area contributed by atoms with Crippen LogP contribution >= 0.6 is 0 Å². The van der Waals surface area contributed by atoms with E-state index >= 15 is 0 Å². The molecule has 0 bridgehead atoms. The Morgan fingerprint density at radius 2 is 0.340 bits per heavy atom. The number of hydrogen-bond acceptors (Lipinski definition) is 5. The van der Waals surface area contributed by atoms with Crippen LogP contribution in [-0.2, 0) is 14.2 Å². The Labute approximate surface area is 494 Å². The van der Waals surface area contributed by atoms with E-state index in [0.29, 0.717) is 13.8 Å². The standard InChI is InChI=1S/C38H24F54O5/c1-9(5-95-7-11(93)3-13(39,40)17(45,46)21(53,54)25(61,62)29(69,70)33(77,78)31(73,74)27(65,66)23(57,58)19(49,50)15(43,35(81,82)83)36(84,85)86)97-10(2)6-96-8-12(94)4-14(41,42)18(47,48)22(55,56)26(63,64)30(71,72)34(79,80)32(75,76)28(67,68)24(59,60)20(51,52)16(44,37(87,88)89)38(90,91)92/h9-12,93-94H,3-8H2,1-2H3. The average Bonchev–Trinajstić information content (AvgIpc) is 0.687. The molecule has 0 saturated heterocycles. The summed E-state index contributed by atoms with van der Waals surface area (Å²) < 4.78 is 758. The van der Waals surface area contributed by atoms with Crippen LogP contribution < -0.4 is 0 Å². The van der Waals surface area contributed by atoms with Gasteiger partial charge in [0.2, 0.25) is 0 Å². The normalized spacial score (nSPS) is 18.0. The Bertz CT molecular complexity index is 2440. The van der Waals surface area contributed by atoms with Crippen LogP contribution in [0, 0.1) is 0 Å². The summed E-state index contributed by atoms with van der Waals surface area (Å²) in [6.07, 6.45) is -54.7. The van der Waals surface area contributed by atoms with Gasteiger partial charge in [-0.3, -0.25) is 0 Å². The Hall–Kier alpha value is -3.98. The Morgan fingerprint density at radius 1 is 0.206 bits per heavy atom. The Morgan fingerprint density at radius 3 is 0.485 bits per heavy atom. The molecule has 59 heteroatoms. The molecule has 584 valence electrons. The van der Waals surface area contributed by atoms with Crippen molar-refractivity contribution in [2.45, 2.75) is 206 Å². The quantitative estimate of drug-likeness (QED) is 0.0629. The van der Waals surface area contributed by atoms with Gasteiger partial charge in [0.15, 0.2) is 0 Å². The second-order valence-corrected chi connectivity index (χ2v) is 19.6. The first-order valence-electron chi connectivity index (χ1n) is 22.7. The number of ether oxygens (including phenoxy) is 3. The fourth-order valence-corrected chi connectivity index (χ4v) is 6.87. The summed E-state index contributed by atoms with van der Waals surface area (Å²) in [5.74, 6) is -191. The van der Waals surface area contributed by atoms with E-state index in [1.54, 1.807) is 0 Å². The van der Waals surface area contributed by atoms with Crippen molar-refractivity contribution in [1.82, 2.24) is 0 Å². The lowest BCUT2D eigenvalue weighted by atomic mass is 9.81. The number of halogens is 54. The van der Waals surface area contributed by atoms with Crippen molar-refractivity contribution in [3.63, 3.8) is 0 Å². The predicted octanol–water partition coefficient (Wildman–Crippen LogP) is 17.7. The summed E-state index contributed by atoms with van der Waals surface area (Å²) in [5, 5.41) is 19.0. The summed E-state index contributed by atoms with van der Waals surface area (Å²) in [7, 11) is 0. The van der Waals surface area contributed by atoms with Crippen LogP contribution in [0.25, 0.3) is 0 Å². The molecule has 4 atom stereocenters. The van der Waals surface area contributed by atoms with Crippen LogP contribution in [0.3, 0.4) is 0 Å². The minimum atomic E-state index is -10.1. The molecule has 0 amide bonds. The highest BCUT2D eigenvalue weighted by Crippen LogP contribution is 2.72. The van der Waals surface area contributed by atoms with Crippen molar-refractivity contribution in [1.29, 1.82) is 0 Å². The monoisotopic (exact) mass is 1590 g/mol. The Balaban J connectivity index is 6.44. The summed E-state index contributed by atoms with van der Waals surface area (Å²) in [5.41, 5.74) is -18.9. The van der Waals surface area contributed by atoms with E-state index in [1.165, 1.54) is 0 Å². The molecular weight excluding hydrogens is 1560 g/mol. The van der Waals surface area contributed by atoms with Crippen LogP contribution in [-0.4, -0.2) is 216 Å². The Kier molecular flexibility index (Phi) is 24.4. The maximum atomic E-state index is 14.4. The smallest absolute Gasteiger partial charge is 0.390 e. The molecule has 0 aliphatic heterocycles. The number of hydrogen-bond donors (Lipinski definition) is 2. The topological polar surface area (TPSA) is 68.2 Å². The lowest BCUT2D eigenvalue weighted by Gasteiger charge is -2.46. The molecule has 0 fully saturated rings. The zero-order valence-corrected chi connectivity index (χ0v) is 44.1. The van der Waals surface area contributed by atoms with Gasteiger partial charge in [-0.15, -0.1) is 0 Å². The van der Waals surface area contributed by atoms with Gasteiger partial charge in [0.05, 0.1) is 50.8 Å². The van der Waals surface area contributed by atoms with Gasteiger partial charge in [0.25, 0.3) is 0 Å². The number of rotatable bonds is 34. The number of alkyl halides is 54. The van der Waals surface area contributed by atoms with Gasteiger partial charge in [-0.25, -0.2) is 8.78 Å². The van der Waals surface area contributed by atoms with E-state index in [2.05, 4.69) is 9.47 Å². The summed E-state index contributed by atoms with van der Waals surface area (Å²) >= 11 is 0. The third kappa shape index (κ3) is 13.2. The molecule has 0 aliphatic carbocycles. The first kappa shape index (κ1) is 93.0. The van der Waals surface area contributed by atoms with E-state index < -0.39 is 218 Å². The highest BCUT2D eigenvalue weighted by molar-refractivity contribution is 5.24. The summed E-state index contributed by atoms with van der Waals surface area (Å²) in [6.45, 7) is -6.52. The second-order valence-electron chi connectivity index (χ2n) is 19.6. The van der Waals surface area contributed by atoms with Crippen LogP contribution in [0.5, 0.6) is 0 Å². The third-order valence-corrected chi connectivity index (χ3v) is 12.4. The molecule has 0 spiro atoms. The predicted molar refractivity (Wildman–Crippen MR) is 194 cm³/mol. The number of aliphatic hydroxyl groups is 2. The van der Waals surface area contributed by atoms with Crippen molar-refractivity contribution in [3.05, 3.63) is 0 Å². The molecule has 0 radical (unpaired) electrons. The lowest BCUT2D eigenvalue weighted by Crippen LogP contribution is -2.79. The molecule has 2 N–H and O–H groups in total. The van der Waals surface area contributed by atoms with E-state index in [1.807, 2.05) is 0 Å². The highest BCUT2D eigenvalue weighted by Gasteiger charge is 3.04. The van der Waals surface area contributed by atoms with E-state index in [-0.39, 0.29) is 0 Å². The van der Waals surface area contributed by atoms with E-state index in [9.17, 15) is 247 Å². The molecule has 0 aliphatic rings. The SMILES string of the molecule is CC(COCC(O)CC(F)(F)C(F)(F)C(F)(F)C(F)(F)C(F)(F)C(F)(F)C(F)(F)C(F)(F)C(F)(F)C(F)(F)C(F)(C(F)(F)F)C(F)(F)F)OC(C)COCC(O)CC(F)(F)C(F)(F)C(F)(F)C(F)(F)C(F)(F)C(F)(F)C(F)(F)C(F)(F)C(F)(F)C(F)(F)C(F)(C(F)(F)F)C(F)(F)F. The number of aliphatic hydroxyl groups excluding tert-OH is 2. The van der Waals surface area contributed by atoms with E-state index in [4.69, 9.17) is 4.74 Å². The van der Waals surface area contributed by atoms with Crippen molar-refractivity contribution in [2.75, 3.05) is 26.4 Å². The fraction of sp³-hybridized carbons (Fsp3) is 1.00. The van der Waals surface area contributed by atoms with Gasteiger partial charge in [0.1, 0.15) is 0 Å². The summed E-state index contributed by atoms with van der Waals surface area (Å²) in [4.78, 5) is 0. The molecule has 0 heterocycles. The molecule has 0 saturated carbocycles. The summed E-state index contributed by atoms with van der Waals surface area (Å²) in [6, 6.07) is 0. The molecule has 0 aromatic rings. The zero-order valence-electron chi connectivity index (χ0n) is 44.1. The minimum absolute atomic E-state index is 0.522. The van der Waals surface area contributed by atoms with Gasteiger partial charge in [-0.2, -0.15) is 228 Å². The minimum Gasteiger partial charge on any atom is -0.390 e. The average molecular weight is 1590 g/mol. The van der Waals surface area contributed by atoms with Gasteiger partial charge in [-0.05, 0) is 13.8 Å². The van der Waals surface area contributed by atoms with Crippen molar-refractivity contribution >= 4 is 0 Å². The van der Waals surface area contributed by atoms with Crippen LogP contribution in [0.1, 0.15) is 26.7 Å². The molecule has 5 nitrogen and oxygen atoms in total. The third-order valence-electron chi connectivity index (χ3n) is 12.4. The fourth-order valence-electron chi connectivity index (χ4n) is 6.87. The van der Waals surface area contributed by atoms with Crippen LogP contribution in [0.15, 0.2) is 0 Å². The van der Waals surface area contributed by atoms with Crippen LogP contribution in [0.4, 0.5) is 237 Å². The maximum absolute atomic E-state index is 14.4. The van der Waals surface area contributed by atoms with Crippen molar-refractivity contribution in [3.8, 4) is 0 Å².